The maximum Gasteiger partial charge on any atom is 0.235 e. The van der Waals surface area contributed by atoms with Crippen molar-refractivity contribution in [3.05, 3.63) is 35.9 Å². The van der Waals surface area contributed by atoms with Crippen molar-refractivity contribution >= 4 is 28.1 Å². The third kappa shape index (κ3) is 2.55. The SMILES string of the molecule is O=CC=Cc1cccc(N2CCCS2(=O)=O)c1. The highest BCUT2D eigenvalue weighted by molar-refractivity contribution is 7.93. The summed E-state index contributed by atoms with van der Waals surface area (Å²) in [6, 6.07) is 7.14. The van der Waals surface area contributed by atoms with Gasteiger partial charge in [-0.1, -0.05) is 18.2 Å². The molecule has 1 saturated heterocycles. The van der Waals surface area contributed by atoms with Gasteiger partial charge in [0.25, 0.3) is 0 Å². The van der Waals surface area contributed by atoms with Gasteiger partial charge in [-0.15, -0.1) is 0 Å². The monoisotopic (exact) mass is 251 g/mol. The number of allylic oxidation sites excluding steroid dienone is 1. The quantitative estimate of drug-likeness (QED) is 0.603. The Balaban J connectivity index is 2.33. The van der Waals surface area contributed by atoms with Crippen LogP contribution in [0.4, 0.5) is 5.69 Å². The summed E-state index contributed by atoms with van der Waals surface area (Å²) in [6.45, 7) is 0.531. The molecule has 1 aromatic rings. The summed E-state index contributed by atoms with van der Waals surface area (Å²) in [5.74, 6) is 0.210. The predicted octanol–water partition coefficient (Wildman–Crippen LogP) is 1.44. The van der Waals surface area contributed by atoms with Crippen LogP contribution in [0.1, 0.15) is 12.0 Å². The van der Waals surface area contributed by atoms with E-state index in [1.807, 2.05) is 6.07 Å². The number of sulfonamides is 1. The van der Waals surface area contributed by atoms with Gasteiger partial charge in [0.1, 0.15) is 6.29 Å². The van der Waals surface area contributed by atoms with Gasteiger partial charge >= 0.3 is 0 Å². The zero-order valence-electron chi connectivity index (χ0n) is 9.24. The number of hydrogen-bond donors (Lipinski definition) is 0. The van der Waals surface area contributed by atoms with E-state index in [4.69, 9.17) is 0 Å². The van der Waals surface area contributed by atoms with Crippen LogP contribution < -0.4 is 4.31 Å². The van der Waals surface area contributed by atoms with Crippen molar-refractivity contribution in [3.8, 4) is 0 Å². The Kier molecular flexibility index (Phi) is 3.28. The Hall–Kier alpha value is -1.62. The van der Waals surface area contributed by atoms with Gasteiger partial charge in [0.05, 0.1) is 11.4 Å². The number of carbonyl (C=O) groups is 1. The number of nitrogens with zero attached hydrogens (tertiary/aromatic N) is 1. The van der Waals surface area contributed by atoms with Crippen LogP contribution in [0, 0.1) is 0 Å². The van der Waals surface area contributed by atoms with E-state index < -0.39 is 10.0 Å². The summed E-state index contributed by atoms with van der Waals surface area (Å²) in [5.41, 5.74) is 1.48. The van der Waals surface area contributed by atoms with E-state index in [1.54, 1.807) is 24.3 Å². The van der Waals surface area contributed by atoms with Crippen LogP contribution in [0.2, 0.25) is 0 Å². The van der Waals surface area contributed by atoms with Crippen LogP contribution in [0.25, 0.3) is 6.08 Å². The number of anilines is 1. The Bertz CT molecular complexity index is 549. The third-order valence-corrected chi connectivity index (χ3v) is 4.49. The van der Waals surface area contributed by atoms with E-state index in [9.17, 15) is 13.2 Å². The van der Waals surface area contributed by atoms with E-state index >= 15 is 0 Å². The van der Waals surface area contributed by atoms with E-state index in [1.165, 1.54) is 10.4 Å². The van der Waals surface area contributed by atoms with Crippen molar-refractivity contribution in [1.82, 2.24) is 0 Å². The van der Waals surface area contributed by atoms with Gasteiger partial charge in [-0.2, -0.15) is 0 Å². The average molecular weight is 251 g/mol. The van der Waals surface area contributed by atoms with Crippen LogP contribution in [-0.4, -0.2) is 27.0 Å². The van der Waals surface area contributed by atoms with Crippen LogP contribution in [0.5, 0.6) is 0 Å². The zero-order chi connectivity index (χ0) is 12.3. The van der Waals surface area contributed by atoms with Gasteiger partial charge in [-0.25, -0.2) is 8.42 Å². The molecule has 4 nitrogen and oxygen atoms in total. The molecule has 0 N–H and O–H groups in total. The third-order valence-electron chi connectivity index (χ3n) is 2.62. The molecular weight excluding hydrogens is 238 g/mol. The molecule has 1 aliphatic heterocycles. The lowest BCUT2D eigenvalue weighted by atomic mass is 10.2. The van der Waals surface area contributed by atoms with Crippen molar-refractivity contribution in [2.45, 2.75) is 6.42 Å². The van der Waals surface area contributed by atoms with Crippen molar-refractivity contribution in [2.75, 3.05) is 16.6 Å². The van der Waals surface area contributed by atoms with Crippen LogP contribution >= 0.6 is 0 Å². The van der Waals surface area contributed by atoms with E-state index in [0.717, 1.165) is 5.56 Å². The highest BCUT2D eigenvalue weighted by Crippen LogP contribution is 2.24. The van der Waals surface area contributed by atoms with Crippen LogP contribution in [0.3, 0.4) is 0 Å². The Morgan fingerprint density at radius 2 is 2.12 bits per heavy atom. The summed E-state index contributed by atoms with van der Waals surface area (Å²) in [4.78, 5) is 10.2. The number of carbonyl (C=O) groups excluding carboxylic acids is 1. The van der Waals surface area contributed by atoms with E-state index in [0.29, 0.717) is 24.9 Å². The Morgan fingerprint density at radius 1 is 1.29 bits per heavy atom. The fourth-order valence-corrected chi connectivity index (χ4v) is 3.42. The second-order valence-electron chi connectivity index (χ2n) is 3.83. The molecule has 1 aromatic carbocycles. The molecule has 0 saturated carbocycles. The van der Waals surface area contributed by atoms with Gasteiger partial charge in [0.15, 0.2) is 0 Å². The summed E-state index contributed by atoms with van der Waals surface area (Å²) < 4.78 is 24.9. The molecule has 5 heteroatoms. The Labute approximate surface area is 101 Å². The van der Waals surface area contributed by atoms with E-state index in [-0.39, 0.29) is 5.75 Å². The smallest absolute Gasteiger partial charge is 0.235 e. The normalized spacial score (nSPS) is 18.7. The molecule has 0 bridgehead atoms. The zero-order valence-corrected chi connectivity index (χ0v) is 10.1. The summed E-state index contributed by atoms with van der Waals surface area (Å²) >= 11 is 0. The second kappa shape index (κ2) is 4.71. The molecule has 0 atom stereocenters. The van der Waals surface area contributed by atoms with Crippen molar-refractivity contribution in [3.63, 3.8) is 0 Å². The highest BCUT2D eigenvalue weighted by Gasteiger charge is 2.28. The molecule has 1 aliphatic rings. The first-order chi connectivity index (χ1) is 8.13. The molecule has 0 aliphatic carbocycles. The van der Waals surface area contributed by atoms with Gasteiger partial charge in [0.2, 0.25) is 10.0 Å². The molecule has 0 radical (unpaired) electrons. The fourth-order valence-electron chi connectivity index (χ4n) is 1.86. The second-order valence-corrected chi connectivity index (χ2v) is 5.84. The first-order valence-electron chi connectivity index (χ1n) is 5.36. The Morgan fingerprint density at radius 3 is 2.76 bits per heavy atom. The molecule has 1 heterocycles. The standard InChI is InChI=1S/C12H13NO3S/c14-8-2-5-11-4-1-6-12(10-11)13-7-3-9-17(13,15)16/h1-2,4-6,8,10H,3,7,9H2. The molecule has 0 unspecified atom stereocenters. The average Bonchev–Trinajstić information content (AvgIpc) is 2.67. The largest absolute Gasteiger partial charge is 0.299 e. The molecule has 17 heavy (non-hydrogen) atoms. The summed E-state index contributed by atoms with van der Waals surface area (Å²) in [5, 5.41) is 0. The maximum absolute atomic E-state index is 11.7. The number of benzene rings is 1. The number of rotatable bonds is 3. The van der Waals surface area contributed by atoms with Crippen molar-refractivity contribution in [2.24, 2.45) is 0 Å². The lowest BCUT2D eigenvalue weighted by Gasteiger charge is -2.17. The van der Waals surface area contributed by atoms with Crippen LogP contribution in [-0.2, 0) is 14.8 Å². The molecular formula is C12H13NO3S. The van der Waals surface area contributed by atoms with Crippen molar-refractivity contribution < 1.29 is 13.2 Å². The minimum Gasteiger partial charge on any atom is -0.299 e. The molecule has 0 spiro atoms. The van der Waals surface area contributed by atoms with E-state index in [2.05, 4.69) is 0 Å². The summed E-state index contributed by atoms with van der Waals surface area (Å²) in [7, 11) is -3.14. The molecule has 2 rings (SSSR count). The lowest BCUT2D eigenvalue weighted by Crippen LogP contribution is -2.24. The minimum atomic E-state index is -3.14. The first kappa shape index (κ1) is 11.9. The maximum atomic E-state index is 11.7. The van der Waals surface area contributed by atoms with Gasteiger partial charge in [0, 0.05) is 6.54 Å². The molecule has 1 fully saturated rings. The van der Waals surface area contributed by atoms with Gasteiger partial charge in [-0.3, -0.25) is 9.10 Å². The van der Waals surface area contributed by atoms with Gasteiger partial charge in [-0.05, 0) is 30.2 Å². The van der Waals surface area contributed by atoms with Crippen molar-refractivity contribution in [1.29, 1.82) is 0 Å². The predicted molar refractivity (Wildman–Crippen MR) is 67.3 cm³/mol. The highest BCUT2D eigenvalue weighted by atomic mass is 32.2. The molecule has 0 amide bonds. The van der Waals surface area contributed by atoms with Gasteiger partial charge < -0.3 is 0 Å². The molecule has 0 aromatic heterocycles. The number of aldehydes is 1. The topological polar surface area (TPSA) is 54.5 Å². The molecule has 90 valence electrons. The summed E-state index contributed by atoms with van der Waals surface area (Å²) in [6.07, 6.45) is 4.40. The minimum absolute atomic E-state index is 0.210. The first-order valence-corrected chi connectivity index (χ1v) is 6.97. The fraction of sp³-hybridized carbons (Fsp3) is 0.250. The van der Waals surface area contributed by atoms with Crippen LogP contribution in [0.15, 0.2) is 30.3 Å². The number of hydrogen-bond acceptors (Lipinski definition) is 3. The lowest BCUT2D eigenvalue weighted by molar-refractivity contribution is -0.104.